The lowest BCUT2D eigenvalue weighted by Crippen LogP contribution is -2.44. The highest BCUT2D eigenvalue weighted by molar-refractivity contribution is 6.30. The number of carbonyl (C=O) groups excluding carboxylic acids is 1. The molecule has 0 saturated heterocycles. The van der Waals surface area contributed by atoms with Crippen molar-refractivity contribution in [2.24, 2.45) is 0 Å². The Hall–Kier alpha value is -1.68. The zero-order valence-electron chi connectivity index (χ0n) is 10.3. The van der Waals surface area contributed by atoms with Crippen molar-refractivity contribution in [3.63, 3.8) is 0 Å². The summed E-state index contributed by atoms with van der Waals surface area (Å²) in [5.74, 6) is 0.124. The summed E-state index contributed by atoms with van der Waals surface area (Å²) in [4.78, 5) is 13.5. The van der Waals surface area contributed by atoms with Crippen LogP contribution in [0.15, 0.2) is 30.0 Å². The SMILES string of the molecule is CCN1C(=O)N[C@H](c2cc(Cl)ccc2O)C=C1C. The molecule has 0 aliphatic carbocycles. The number of hydrogen-bond acceptors (Lipinski definition) is 2. The predicted molar refractivity (Wildman–Crippen MR) is 70.5 cm³/mol. The van der Waals surface area contributed by atoms with E-state index >= 15 is 0 Å². The van der Waals surface area contributed by atoms with E-state index in [4.69, 9.17) is 11.6 Å². The van der Waals surface area contributed by atoms with Crippen LogP contribution in [0, 0.1) is 0 Å². The van der Waals surface area contributed by atoms with Gasteiger partial charge in [-0.1, -0.05) is 11.6 Å². The Bertz CT molecular complexity index is 514. The normalized spacial score (nSPS) is 19.5. The lowest BCUT2D eigenvalue weighted by Gasteiger charge is -2.31. The van der Waals surface area contributed by atoms with Gasteiger partial charge in [-0.3, -0.25) is 4.90 Å². The van der Waals surface area contributed by atoms with Gasteiger partial charge in [-0.2, -0.15) is 0 Å². The molecule has 1 aliphatic rings. The number of halogens is 1. The van der Waals surface area contributed by atoms with Crippen molar-refractivity contribution in [3.8, 4) is 5.75 Å². The van der Waals surface area contributed by atoms with E-state index in [1.165, 1.54) is 6.07 Å². The average Bonchev–Trinajstić information content (AvgIpc) is 2.32. The van der Waals surface area contributed by atoms with E-state index in [-0.39, 0.29) is 17.8 Å². The predicted octanol–water partition coefficient (Wildman–Crippen LogP) is 3.04. The largest absolute Gasteiger partial charge is 0.508 e. The zero-order chi connectivity index (χ0) is 13.3. The molecule has 2 N–H and O–H groups in total. The second kappa shape index (κ2) is 4.90. The number of phenols is 1. The summed E-state index contributed by atoms with van der Waals surface area (Å²) in [6, 6.07) is 4.28. The van der Waals surface area contributed by atoms with Gasteiger partial charge in [-0.05, 0) is 38.1 Å². The second-order valence-electron chi connectivity index (χ2n) is 4.18. The number of nitrogens with one attached hydrogen (secondary N) is 1. The fourth-order valence-corrected chi connectivity index (χ4v) is 2.26. The number of phenolic OH excluding ortho intramolecular Hbond substituents is 1. The van der Waals surface area contributed by atoms with Gasteiger partial charge in [0.25, 0.3) is 0 Å². The van der Waals surface area contributed by atoms with Crippen molar-refractivity contribution in [3.05, 3.63) is 40.6 Å². The van der Waals surface area contributed by atoms with Crippen LogP contribution in [0.4, 0.5) is 4.79 Å². The first-order valence-electron chi connectivity index (χ1n) is 5.77. The summed E-state index contributed by atoms with van der Waals surface area (Å²) < 4.78 is 0. The molecule has 0 bridgehead atoms. The molecule has 0 aromatic heterocycles. The van der Waals surface area contributed by atoms with E-state index < -0.39 is 0 Å². The van der Waals surface area contributed by atoms with Crippen molar-refractivity contribution in [2.45, 2.75) is 19.9 Å². The summed E-state index contributed by atoms with van der Waals surface area (Å²) in [6.07, 6.45) is 1.90. The molecule has 96 valence electrons. The summed E-state index contributed by atoms with van der Waals surface area (Å²) >= 11 is 5.91. The third-order valence-electron chi connectivity index (χ3n) is 3.00. The van der Waals surface area contributed by atoms with E-state index in [9.17, 15) is 9.90 Å². The van der Waals surface area contributed by atoms with Gasteiger partial charge in [0, 0.05) is 22.8 Å². The average molecular weight is 267 g/mol. The quantitative estimate of drug-likeness (QED) is 0.864. The molecule has 0 fully saturated rings. The van der Waals surface area contributed by atoms with Gasteiger partial charge in [0.1, 0.15) is 5.75 Å². The molecule has 1 aliphatic heterocycles. The maximum atomic E-state index is 11.9. The van der Waals surface area contributed by atoms with Gasteiger partial charge in [0.2, 0.25) is 0 Å². The minimum atomic E-state index is -0.348. The minimum Gasteiger partial charge on any atom is -0.508 e. The van der Waals surface area contributed by atoms with Crippen LogP contribution in [0.3, 0.4) is 0 Å². The van der Waals surface area contributed by atoms with Crippen molar-refractivity contribution >= 4 is 17.6 Å². The number of nitrogens with zero attached hydrogens (tertiary/aromatic N) is 1. The van der Waals surface area contributed by atoms with Crippen LogP contribution in [0.5, 0.6) is 5.75 Å². The Morgan fingerprint density at radius 1 is 1.50 bits per heavy atom. The first-order valence-corrected chi connectivity index (χ1v) is 6.15. The zero-order valence-corrected chi connectivity index (χ0v) is 11.0. The first-order chi connectivity index (χ1) is 8.52. The van der Waals surface area contributed by atoms with Crippen LogP contribution in [0.1, 0.15) is 25.5 Å². The molecule has 0 unspecified atom stereocenters. The molecule has 1 aromatic carbocycles. The van der Waals surface area contributed by atoms with Crippen LogP contribution in [0.2, 0.25) is 5.02 Å². The molecular weight excluding hydrogens is 252 g/mol. The molecule has 4 nitrogen and oxygen atoms in total. The molecule has 1 atom stereocenters. The number of benzene rings is 1. The Morgan fingerprint density at radius 3 is 2.83 bits per heavy atom. The second-order valence-corrected chi connectivity index (χ2v) is 4.62. The van der Waals surface area contributed by atoms with Gasteiger partial charge >= 0.3 is 6.03 Å². The Balaban J connectivity index is 2.38. The Labute approximate surface area is 111 Å². The van der Waals surface area contributed by atoms with Crippen LogP contribution in [-0.4, -0.2) is 22.6 Å². The topological polar surface area (TPSA) is 52.6 Å². The highest BCUT2D eigenvalue weighted by atomic mass is 35.5. The van der Waals surface area contributed by atoms with Gasteiger partial charge in [0.05, 0.1) is 6.04 Å². The van der Waals surface area contributed by atoms with Crippen LogP contribution in [0.25, 0.3) is 0 Å². The summed E-state index contributed by atoms with van der Waals surface area (Å²) in [5, 5.41) is 13.2. The number of hydrogen-bond donors (Lipinski definition) is 2. The van der Waals surface area contributed by atoms with Gasteiger partial charge in [-0.25, -0.2) is 4.79 Å². The van der Waals surface area contributed by atoms with Crippen molar-refractivity contribution in [1.29, 1.82) is 0 Å². The lowest BCUT2D eigenvalue weighted by molar-refractivity contribution is 0.206. The highest BCUT2D eigenvalue weighted by Crippen LogP contribution is 2.31. The van der Waals surface area contributed by atoms with E-state index in [2.05, 4.69) is 5.32 Å². The Kier molecular flexibility index (Phi) is 3.48. The number of amides is 2. The number of allylic oxidation sites excluding steroid dienone is 1. The standard InChI is InChI=1S/C13H15ClN2O2/c1-3-16-8(2)6-11(15-13(16)18)10-7-9(14)4-5-12(10)17/h4-7,11,17H,3H2,1-2H3,(H,15,18)/t11-/m0/s1. The monoisotopic (exact) mass is 266 g/mol. The molecule has 18 heavy (non-hydrogen) atoms. The van der Waals surface area contributed by atoms with Crippen molar-refractivity contribution in [1.82, 2.24) is 10.2 Å². The number of aromatic hydroxyl groups is 1. The molecule has 0 radical (unpaired) electrons. The molecule has 0 spiro atoms. The number of rotatable bonds is 2. The molecule has 2 amide bonds. The third-order valence-corrected chi connectivity index (χ3v) is 3.23. The summed E-state index contributed by atoms with van der Waals surface area (Å²) in [6.45, 7) is 4.40. The molecular formula is C13H15ClN2O2. The fourth-order valence-electron chi connectivity index (χ4n) is 2.08. The van der Waals surface area contributed by atoms with Crippen molar-refractivity contribution < 1.29 is 9.90 Å². The first kappa shape index (κ1) is 12.8. The molecule has 0 saturated carbocycles. The smallest absolute Gasteiger partial charge is 0.322 e. The van der Waals surface area contributed by atoms with Crippen LogP contribution < -0.4 is 5.32 Å². The van der Waals surface area contributed by atoms with E-state index in [1.54, 1.807) is 17.0 Å². The molecule has 1 aromatic rings. The van der Waals surface area contributed by atoms with Gasteiger partial charge < -0.3 is 10.4 Å². The highest BCUT2D eigenvalue weighted by Gasteiger charge is 2.25. The van der Waals surface area contributed by atoms with E-state index in [1.807, 2.05) is 19.9 Å². The Morgan fingerprint density at radius 2 is 2.22 bits per heavy atom. The maximum Gasteiger partial charge on any atom is 0.322 e. The summed E-state index contributed by atoms with van der Waals surface area (Å²) in [7, 11) is 0. The lowest BCUT2D eigenvalue weighted by atomic mass is 10.0. The maximum absolute atomic E-state index is 11.9. The van der Waals surface area contributed by atoms with Crippen LogP contribution in [-0.2, 0) is 0 Å². The van der Waals surface area contributed by atoms with E-state index in [0.29, 0.717) is 17.1 Å². The number of carbonyl (C=O) groups is 1. The summed E-state index contributed by atoms with van der Waals surface area (Å²) in [5.41, 5.74) is 1.47. The van der Waals surface area contributed by atoms with Crippen LogP contribution >= 0.6 is 11.6 Å². The molecule has 1 heterocycles. The fraction of sp³-hybridized carbons (Fsp3) is 0.308. The minimum absolute atomic E-state index is 0.124. The van der Waals surface area contributed by atoms with Crippen molar-refractivity contribution in [2.75, 3.05) is 6.54 Å². The molecule has 2 rings (SSSR count). The van der Waals surface area contributed by atoms with Gasteiger partial charge in [0.15, 0.2) is 0 Å². The van der Waals surface area contributed by atoms with E-state index in [0.717, 1.165) is 5.70 Å². The third kappa shape index (κ3) is 2.29. The molecule has 5 heteroatoms. The number of urea groups is 1. The van der Waals surface area contributed by atoms with Gasteiger partial charge in [-0.15, -0.1) is 0 Å².